The third kappa shape index (κ3) is 1.92. The molecule has 0 aliphatic carbocycles. The minimum absolute atomic E-state index is 0.269. The molecule has 1 N–H and O–H groups in total. The Balaban J connectivity index is 2.87. The molecule has 2 rings (SSSR count). The lowest BCUT2D eigenvalue weighted by molar-refractivity contribution is -0.225. The van der Waals surface area contributed by atoms with E-state index in [9.17, 15) is 4.79 Å². The smallest absolute Gasteiger partial charge is 0.281 e. The number of methoxy groups -OCH3 is 2. The highest BCUT2D eigenvalue weighted by atomic mass is 79.9. The van der Waals surface area contributed by atoms with Gasteiger partial charge in [-0.1, -0.05) is 0 Å². The maximum absolute atomic E-state index is 12.1. The molecule has 0 atom stereocenters. The van der Waals surface area contributed by atoms with Gasteiger partial charge in [-0.2, -0.15) is 0 Å². The Hall–Kier alpha value is 0.530. The second kappa shape index (κ2) is 5.14. The van der Waals surface area contributed by atoms with Crippen LogP contribution >= 0.6 is 63.7 Å². The third-order valence-corrected chi connectivity index (χ3v) is 7.44. The Morgan fingerprint density at radius 3 is 1.94 bits per heavy atom. The van der Waals surface area contributed by atoms with E-state index in [0.717, 1.165) is 8.95 Å². The lowest BCUT2D eigenvalue weighted by Gasteiger charge is -2.27. The Labute approximate surface area is 137 Å². The number of halogens is 4. The largest absolute Gasteiger partial charge is 0.332 e. The highest BCUT2D eigenvalue weighted by Gasteiger charge is 2.48. The molecule has 4 nitrogen and oxygen atoms in total. The fourth-order valence-electron chi connectivity index (χ4n) is 1.82. The SMILES string of the molecule is COC1(OC)NC(=O)c2c(Br)c(Br)c(Br)c(Br)c21. The first-order valence-corrected chi connectivity index (χ1v) is 7.86. The van der Waals surface area contributed by atoms with E-state index >= 15 is 0 Å². The fraction of sp³-hybridized carbons (Fsp3) is 0.300. The first-order valence-electron chi connectivity index (χ1n) is 4.68. The quantitative estimate of drug-likeness (QED) is 0.375. The topological polar surface area (TPSA) is 47.6 Å². The molecule has 0 radical (unpaired) electrons. The fourth-order valence-corrected chi connectivity index (χ4v) is 4.38. The molecule has 1 aliphatic rings. The van der Waals surface area contributed by atoms with E-state index in [2.05, 4.69) is 69.0 Å². The molecule has 1 amide bonds. The molecule has 0 aromatic heterocycles. The molecule has 1 aromatic rings. The predicted octanol–water partition coefficient (Wildman–Crippen LogP) is 3.88. The molecule has 18 heavy (non-hydrogen) atoms. The minimum Gasteiger partial charge on any atom is -0.332 e. The summed E-state index contributed by atoms with van der Waals surface area (Å²) in [6.07, 6.45) is 0. The van der Waals surface area contributed by atoms with E-state index in [1.165, 1.54) is 14.2 Å². The molecular weight excluding hydrogens is 502 g/mol. The Morgan fingerprint density at radius 2 is 1.44 bits per heavy atom. The van der Waals surface area contributed by atoms with Crippen LogP contribution in [0.3, 0.4) is 0 Å². The van der Waals surface area contributed by atoms with Crippen LogP contribution in [0.1, 0.15) is 15.9 Å². The predicted molar refractivity (Wildman–Crippen MR) is 80.4 cm³/mol. The molecule has 8 heteroatoms. The number of benzene rings is 1. The summed E-state index contributed by atoms with van der Waals surface area (Å²) in [6.45, 7) is 0. The number of carbonyl (C=O) groups excluding carboxylic acids is 1. The van der Waals surface area contributed by atoms with Crippen LogP contribution in [0, 0.1) is 0 Å². The van der Waals surface area contributed by atoms with Crippen LogP contribution in [0.25, 0.3) is 0 Å². The van der Waals surface area contributed by atoms with Gasteiger partial charge in [0, 0.05) is 32.1 Å². The van der Waals surface area contributed by atoms with Gasteiger partial charge in [-0.25, -0.2) is 0 Å². The van der Waals surface area contributed by atoms with E-state index in [4.69, 9.17) is 9.47 Å². The molecule has 0 spiro atoms. The van der Waals surface area contributed by atoms with Gasteiger partial charge in [-0.05, 0) is 63.7 Å². The maximum Gasteiger partial charge on any atom is 0.281 e. The van der Waals surface area contributed by atoms with Crippen LogP contribution in [0.2, 0.25) is 0 Å². The van der Waals surface area contributed by atoms with Gasteiger partial charge >= 0.3 is 0 Å². The van der Waals surface area contributed by atoms with Crippen molar-refractivity contribution in [3.63, 3.8) is 0 Å². The van der Waals surface area contributed by atoms with Crippen LogP contribution in [-0.2, 0) is 15.4 Å². The molecular formula is C10H7Br4NO3. The van der Waals surface area contributed by atoms with E-state index in [1.807, 2.05) is 0 Å². The van der Waals surface area contributed by atoms with Crippen molar-refractivity contribution in [3.05, 3.63) is 29.0 Å². The zero-order valence-electron chi connectivity index (χ0n) is 9.24. The lowest BCUT2D eigenvalue weighted by Crippen LogP contribution is -2.43. The van der Waals surface area contributed by atoms with Gasteiger partial charge in [-0.3, -0.25) is 10.1 Å². The molecule has 0 saturated heterocycles. The van der Waals surface area contributed by atoms with Crippen LogP contribution in [0.4, 0.5) is 0 Å². The lowest BCUT2D eigenvalue weighted by atomic mass is 10.1. The summed E-state index contributed by atoms with van der Waals surface area (Å²) in [7, 11) is 2.93. The van der Waals surface area contributed by atoms with Gasteiger partial charge in [0.05, 0.1) is 11.1 Å². The van der Waals surface area contributed by atoms with Gasteiger partial charge in [0.15, 0.2) is 0 Å². The van der Waals surface area contributed by atoms with Crippen molar-refractivity contribution in [1.29, 1.82) is 0 Å². The molecule has 98 valence electrons. The van der Waals surface area contributed by atoms with Gasteiger partial charge in [-0.15, -0.1) is 0 Å². The second-order valence-corrected chi connectivity index (χ2v) is 6.66. The number of hydrogen-bond donors (Lipinski definition) is 1. The van der Waals surface area contributed by atoms with Gasteiger partial charge in [0.25, 0.3) is 11.8 Å². The van der Waals surface area contributed by atoms with Crippen LogP contribution < -0.4 is 5.32 Å². The first-order chi connectivity index (χ1) is 8.39. The van der Waals surface area contributed by atoms with Gasteiger partial charge in [0.2, 0.25) is 0 Å². The zero-order chi connectivity index (χ0) is 13.7. The molecule has 0 fully saturated rings. The molecule has 1 aromatic carbocycles. The van der Waals surface area contributed by atoms with Crippen molar-refractivity contribution in [2.75, 3.05) is 14.2 Å². The average molecular weight is 509 g/mol. The van der Waals surface area contributed by atoms with Crippen molar-refractivity contribution in [3.8, 4) is 0 Å². The van der Waals surface area contributed by atoms with Crippen LogP contribution in [0.5, 0.6) is 0 Å². The number of rotatable bonds is 2. The summed E-state index contributed by atoms with van der Waals surface area (Å²) in [5.41, 5.74) is 1.07. The van der Waals surface area contributed by atoms with Crippen molar-refractivity contribution in [2.45, 2.75) is 5.91 Å². The van der Waals surface area contributed by atoms with E-state index in [0.29, 0.717) is 20.1 Å². The van der Waals surface area contributed by atoms with Gasteiger partial charge in [0.1, 0.15) is 0 Å². The van der Waals surface area contributed by atoms with E-state index in [-0.39, 0.29) is 5.91 Å². The Kier molecular flexibility index (Phi) is 4.26. The summed E-state index contributed by atoms with van der Waals surface area (Å²) in [5.74, 6) is -1.55. The summed E-state index contributed by atoms with van der Waals surface area (Å²) < 4.78 is 13.5. The molecule has 1 heterocycles. The van der Waals surface area contributed by atoms with Crippen molar-refractivity contribution < 1.29 is 14.3 Å². The van der Waals surface area contributed by atoms with E-state index < -0.39 is 5.91 Å². The standard InChI is InChI=1S/C10H7Br4NO3/c1-17-10(18-2)4-3(9(16)15-10)5(11)7(13)8(14)6(4)12/h1-2H3,(H,15,16). The van der Waals surface area contributed by atoms with Gasteiger partial charge < -0.3 is 9.47 Å². The van der Waals surface area contributed by atoms with Crippen LogP contribution in [-0.4, -0.2) is 20.1 Å². The normalized spacial score (nSPS) is 16.7. The maximum atomic E-state index is 12.1. The van der Waals surface area contributed by atoms with E-state index in [1.54, 1.807) is 0 Å². The Bertz CT molecular complexity index is 543. The van der Waals surface area contributed by atoms with Crippen molar-refractivity contribution in [2.24, 2.45) is 0 Å². The zero-order valence-corrected chi connectivity index (χ0v) is 15.6. The number of ether oxygens (including phenoxy) is 2. The third-order valence-electron chi connectivity index (χ3n) is 2.68. The average Bonchev–Trinajstić information content (AvgIpc) is 2.67. The monoisotopic (exact) mass is 505 g/mol. The van der Waals surface area contributed by atoms with Crippen LogP contribution in [0.15, 0.2) is 17.9 Å². The van der Waals surface area contributed by atoms with Crippen molar-refractivity contribution in [1.82, 2.24) is 5.32 Å². The molecule has 0 bridgehead atoms. The number of carbonyl (C=O) groups is 1. The molecule has 0 saturated carbocycles. The highest BCUT2D eigenvalue weighted by Crippen LogP contribution is 2.48. The summed E-state index contributed by atoms with van der Waals surface area (Å²) in [6, 6.07) is 0. The Morgan fingerprint density at radius 1 is 0.944 bits per heavy atom. The van der Waals surface area contributed by atoms with Crippen molar-refractivity contribution >= 4 is 69.6 Å². The number of fused-ring (bicyclic) bond motifs is 1. The number of hydrogen-bond acceptors (Lipinski definition) is 3. The molecule has 1 aliphatic heterocycles. The molecule has 0 unspecified atom stereocenters. The highest BCUT2D eigenvalue weighted by molar-refractivity contribution is 9.15. The second-order valence-electron chi connectivity index (χ2n) is 3.48. The summed E-state index contributed by atoms with van der Waals surface area (Å²) in [4.78, 5) is 12.1. The minimum atomic E-state index is -1.28. The number of amides is 1. The summed E-state index contributed by atoms with van der Waals surface area (Å²) >= 11 is 13.7. The summed E-state index contributed by atoms with van der Waals surface area (Å²) in [5, 5.41) is 2.68. The first kappa shape index (κ1) is 14.9. The number of nitrogens with one attached hydrogen (secondary N) is 1.